The lowest BCUT2D eigenvalue weighted by Crippen LogP contribution is -2.56. The zero-order valence-electron chi connectivity index (χ0n) is 6.49. The largest absolute Gasteiger partial charge is 0.387 e. The van der Waals surface area contributed by atoms with Gasteiger partial charge in [0.05, 0.1) is 0 Å². The van der Waals surface area contributed by atoms with Crippen LogP contribution in [-0.2, 0) is 9.47 Å². The standard InChI is InChI=1S/C6H12O5S/c1-10-5-3(8)2(7)4(9)6(12)11-5/h2-9,12H,1H3/t2-,3-,4+,5-,6-/m0/s1. The molecule has 0 aromatic carbocycles. The first-order valence-corrected chi connectivity index (χ1v) is 4.00. The monoisotopic (exact) mass is 196 g/mol. The first-order chi connectivity index (χ1) is 5.57. The Balaban J connectivity index is 2.63. The van der Waals surface area contributed by atoms with Gasteiger partial charge in [-0.3, -0.25) is 0 Å². The molecule has 12 heavy (non-hydrogen) atoms. The fourth-order valence-corrected chi connectivity index (χ4v) is 1.32. The molecule has 0 radical (unpaired) electrons. The Morgan fingerprint density at radius 3 is 2.25 bits per heavy atom. The maximum absolute atomic E-state index is 9.23. The molecule has 0 aromatic rings. The first kappa shape index (κ1) is 10.2. The van der Waals surface area contributed by atoms with Crippen LogP contribution in [0.4, 0.5) is 0 Å². The van der Waals surface area contributed by atoms with E-state index in [4.69, 9.17) is 14.6 Å². The predicted octanol–water partition coefficient (Wildman–Crippen LogP) is -1.67. The molecule has 3 N–H and O–H groups in total. The van der Waals surface area contributed by atoms with Crippen molar-refractivity contribution in [1.82, 2.24) is 0 Å². The van der Waals surface area contributed by atoms with Crippen LogP contribution in [0.1, 0.15) is 0 Å². The highest BCUT2D eigenvalue weighted by Gasteiger charge is 2.42. The summed E-state index contributed by atoms with van der Waals surface area (Å²) in [6, 6.07) is 0. The number of ether oxygens (including phenoxy) is 2. The van der Waals surface area contributed by atoms with Crippen molar-refractivity contribution in [3.05, 3.63) is 0 Å². The molecule has 72 valence electrons. The van der Waals surface area contributed by atoms with E-state index in [1.807, 2.05) is 0 Å². The predicted molar refractivity (Wildman–Crippen MR) is 42.7 cm³/mol. The second-order valence-corrected chi connectivity index (χ2v) is 3.11. The highest BCUT2D eigenvalue weighted by atomic mass is 32.1. The third kappa shape index (κ3) is 1.73. The van der Waals surface area contributed by atoms with Crippen molar-refractivity contribution in [2.24, 2.45) is 0 Å². The van der Waals surface area contributed by atoms with Crippen LogP contribution in [0.2, 0.25) is 0 Å². The topological polar surface area (TPSA) is 79.2 Å². The van der Waals surface area contributed by atoms with E-state index in [9.17, 15) is 10.2 Å². The molecule has 1 rings (SSSR count). The van der Waals surface area contributed by atoms with E-state index in [0.29, 0.717) is 0 Å². The lowest BCUT2D eigenvalue weighted by Gasteiger charge is -2.37. The summed E-state index contributed by atoms with van der Waals surface area (Å²) in [5, 5.41) is 27.6. The van der Waals surface area contributed by atoms with Gasteiger partial charge in [0.1, 0.15) is 23.7 Å². The van der Waals surface area contributed by atoms with E-state index >= 15 is 0 Å². The second kappa shape index (κ2) is 3.91. The van der Waals surface area contributed by atoms with E-state index in [0.717, 1.165) is 0 Å². The Hall–Kier alpha value is 0.150. The molecule has 1 aliphatic heterocycles. The molecule has 1 fully saturated rings. The third-order valence-electron chi connectivity index (χ3n) is 1.78. The van der Waals surface area contributed by atoms with Crippen molar-refractivity contribution in [3.8, 4) is 0 Å². The molecule has 0 saturated carbocycles. The zero-order valence-corrected chi connectivity index (χ0v) is 7.39. The average Bonchev–Trinajstić information content (AvgIpc) is 2.08. The normalized spacial score (nSPS) is 49.2. The molecule has 0 amide bonds. The molecule has 5 nitrogen and oxygen atoms in total. The Morgan fingerprint density at radius 1 is 1.17 bits per heavy atom. The number of thiol groups is 1. The van der Waals surface area contributed by atoms with E-state index in [1.54, 1.807) is 0 Å². The van der Waals surface area contributed by atoms with Gasteiger partial charge in [0.25, 0.3) is 0 Å². The van der Waals surface area contributed by atoms with Crippen LogP contribution in [0.25, 0.3) is 0 Å². The van der Waals surface area contributed by atoms with Gasteiger partial charge < -0.3 is 24.8 Å². The number of hydrogen-bond acceptors (Lipinski definition) is 6. The molecule has 0 aromatic heterocycles. The molecule has 0 spiro atoms. The highest BCUT2D eigenvalue weighted by Crippen LogP contribution is 2.23. The molecule has 1 heterocycles. The highest BCUT2D eigenvalue weighted by molar-refractivity contribution is 7.80. The summed E-state index contributed by atoms with van der Waals surface area (Å²) in [6.07, 6.45) is -4.67. The zero-order chi connectivity index (χ0) is 9.30. The summed E-state index contributed by atoms with van der Waals surface area (Å²) < 4.78 is 9.61. The van der Waals surface area contributed by atoms with Crippen molar-refractivity contribution < 1.29 is 24.8 Å². The molecular weight excluding hydrogens is 184 g/mol. The Kier molecular flexibility index (Phi) is 3.33. The maximum atomic E-state index is 9.23. The quantitative estimate of drug-likeness (QED) is 0.377. The number of methoxy groups -OCH3 is 1. The fraction of sp³-hybridized carbons (Fsp3) is 1.00. The number of aliphatic hydroxyl groups is 3. The van der Waals surface area contributed by atoms with Gasteiger partial charge in [0.15, 0.2) is 6.29 Å². The minimum absolute atomic E-state index is 0.839. The minimum atomic E-state index is -1.29. The van der Waals surface area contributed by atoms with Crippen molar-refractivity contribution in [3.63, 3.8) is 0 Å². The Morgan fingerprint density at radius 2 is 1.75 bits per heavy atom. The van der Waals surface area contributed by atoms with Crippen LogP contribution < -0.4 is 0 Å². The van der Waals surface area contributed by atoms with Gasteiger partial charge >= 0.3 is 0 Å². The lowest BCUT2D eigenvalue weighted by molar-refractivity contribution is -0.270. The Bertz CT molecular complexity index is 150. The van der Waals surface area contributed by atoms with Crippen molar-refractivity contribution in [1.29, 1.82) is 0 Å². The Labute approximate surface area is 75.3 Å². The van der Waals surface area contributed by atoms with E-state index < -0.39 is 30.0 Å². The second-order valence-electron chi connectivity index (χ2n) is 2.60. The summed E-state index contributed by atoms with van der Waals surface area (Å²) in [7, 11) is 1.33. The van der Waals surface area contributed by atoms with Gasteiger partial charge in [-0.1, -0.05) is 0 Å². The van der Waals surface area contributed by atoms with E-state index in [2.05, 4.69) is 12.6 Å². The van der Waals surface area contributed by atoms with Crippen LogP contribution in [0.15, 0.2) is 0 Å². The van der Waals surface area contributed by atoms with Crippen LogP contribution >= 0.6 is 12.6 Å². The molecule has 0 unspecified atom stereocenters. The number of hydrogen-bond donors (Lipinski definition) is 4. The van der Waals surface area contributed by atoms with Crippen molar-refractivity contribution in [2.75, 3.05) is 7.11 Å². The van der Waals surface area contributed by atoms with Gasteiger partial charge in [-0.05, 0) is 0 Å². The SMILES string of the molecule is CO[C@H]1O[C@@H](S)[C@H](O)[C@@H](O)[C@@H]1O. The molecule has 0 bridgehead atoms. The van der Waals surface area contributed by atoms with Crippen LogP contribution in [0, 0.1) is 0 Å². The molecule has 1 saturated heterocycles. The number of aliphatic hydroxyl groups excluding tert-OH is 3. The summed E-state index contributed by atoms with van der Waals surface area (Å²) in [5.41, 5.74) is -0.839. The van der Waals surface area contributed by atoms with Gasteiger partial charge in [-0.2, -0.15) is 0 Å². The molecule has 1 aliphatic rings. The summed E-state index contributed by atoms with van der Waals surface area (Å²) in [5.74, 6) is 0. The summed E-state index contributed by atoms with van der Waals surface area (Å²) >= 11 is 3.85. The third-order valence-corrected chi connectivity index (χ3v) is 2.20. The lowest BCUT2D eigenvalue weighted by atomic mass is 10.1. The maximum Gasteiger partial charge on any atom is 0.187 e. The van der Waals surface area contributed by atoms with Crippen molar-refractivity contribution >= 4 is 12.6 Å². The van der Waals surface area contributed by atoms with Gasteiger partial charge in [0, 0.05) is 7.11 Å². The summed E-state index contributed by atoms with van der Waals surface area (Å²) in [4.78, 5) is 0. The average molecular weight is 196 g/mol. The van der Waals surface area contributed by atoms with Crippen LogP contribution in [0.5, 0.6) is 0 Å². The minimum Gasteiger partial charge on any atom is -0.387 e. The van der Waals surface area contributed by atoms with E-state index in [-0.39, 0.29) is 0 Å². The fourth-order valence-electron chi connectivity index (χ4n) is 1.03. The van der Waals surface area contributed by atoms with Crippen LogP contribution in [-0.4, -0.2) is 52.5 Å². The van der Waals surface area contributed by atoms with Crippen LogP contribution in [0.3, 0.4) is 0 Å². The number of rotatable bonds is 1. The van der Waals surface area contributed by atoms with E-state index in [1.165, 1.54) is 7.11 Å². The first-order valence-electron chi connectivity index (χ1n) is 3.48. The smallest absolute Gasteiger partial charge is 0.187 e. The van der Waals surface area contributed by atoms with Gasteiger partial charge in [-0.15, -0.1) is 12.6 Å². The molecule has 5 atom stereocenters. The molecular formula is C6H12O5S. The molecule has 6 heteroatoms. The van der Waals surface area contributed by atoms with Gasteiger partial charge in [-0.25, -0.2) is 0 Å². The van der Waals surface area contributed by atoms with Gasteiger partial charge in [0.2, 0.25) is 0 Å². The summed E-state index contributed by atoms with van der Waals surface area (Å²) in [6.45, 7) is 0. The molecule has 0 aliphatic carbocycles. The van der Waals surface area contributed by atoms with Crippen molar-refractivity contribution in [2.45, 2.75) is 30.0 Å².